The first-order valence-corrected chi connectivity index (χ1v) is 11.0. The van der Waals surface area contributed by atoms with Crippen molar-refractivity contribution in [2.24, 2.45) is 0 Å². The first-order chi connectivity index (χ1) is 14.9. The van der Waals surface area contributed by atoms with Crippen LogP contribution in [0.5, 0.6) is 11.5 Å². The summed E-state index contributed by atoms with van der Waals surface area (Å²) in [4.78, 5) is 18.5. The van der Waals surface area contributed by atoms with Crippen molar-refractivity contribution in [3.8, 4) is 11.5 Å². The van der Waals surface area contributed by atoms with E-state index in [2.05, 4.69) is 9.71 Å². The molecule has 9 heteroatoms. The van der Waals surface area contributed by atoms with Gasteiger partial charge in [0.25, 0.3) is 15.9 Å². The van der Waals surface area contributed by atoms with Crippen molar-refractivity contribution in [1.29, 1.82) is 0 Å². The van der Waals surface area contributed by atoms with E-state index in [1.54, 1.807) is 47.6 Å². The second-order valence-corrected chi connectivity index (χ2v) is 8.56. The molecule has 2 heterocycles. The zero-order chi connectivity index (χ0) is 22.0. The van der Waals surface area contributed by atoms with Gasteiger partial charge < -0.3 is 14.4 Å². The van der Waals surface area contributed by atoms with E-state index < -0.39 is 10.0 Å². The quantitative estimate of drug-likeness (QED) is 0.634. The fourth-order valence-electron chi connectivity index (χ4n) is 3.51. The van der Waals surface area contributed by atoms with Gasteiger partial charge in [-0.15, -0.1) is 0 Å². The van der Waals surface area contributed by atoms with Gasteiger partial charge in [0.1, 0.15) is 16.4 Å². The van der Waals surface area contributed by atoms with Crippen molar-refractivity contribution in [2.75, 3.05) is 30.4 Å². The Labute approximate surface area is 180 Å². The Morgan fingerprint density at radius 3 is 2.52 bits per heavy atom. The van der Waals surface area contributed by atoms with Crippen LogP contribution in [-0.2, 0) is 16.4 Å². The number of anilines is 2. The van der Waals surface area contributed by atoms with Crippen molar-refractivity contribution in [1.82, 2.24) is 4.98 Å². The van der Waals surface area contributed by atoms with E-state index >= 15 is 0 Å². The third kappa shape index (κ3) is 4.04. The van der Waals surface area contributed by atoms with Gasteiger partial charge in [0.05, 0.1) is 19.9 Å². The summed E-state index contributed by atoms with van der Waals surface area (Å²) in [5.74, 6) is 0.434. The number of nitrogens with one attached hydrogen (secondary N) is 1. The lowest BCUT2D eigenvalue weighted by molar-refractivity contribution is 0.0989. The molecule has 0 radical (unpaired) electrons. The lowest BCUT2D eigenvalue weighted by Crippen LogP contribution is -2.28. The monoisotopic (exact) mass is 439 g/mol. The maximum absolute atomic E-state index is 13.1. The Balaban J connectivity index is 1.65. The topological polar surface area (TPSA) is 97.8 Å². The Kier molecular flexibility index (Phi) is 5.51. The Morgan fingerprint density at radius 2 is 1.81 bits per heavy atom. The van der Waals surface area contributed by atoms with Crippen molar-refractivity contribution in [3.63, 3.8) is 0 Å². The molecule has 0 spiro atoms. The molecule has 2 aromatic carbocycles. The number of benzene rings is 2. The summed E-state index contributed by atoms with van der Waals surface area (Å²) in [6.45, 7) is 0.524. The molecule has 3 aromatic rings. The lowest BCUT2D eigenvalue weighted by atomic mass is 10.1. The van der Waals surface area contributed by atoms with E-state index in [9.17, 15) is 13.2 Å². The highest BCUT2D eigenvalue weighted by molar-refractivity contribution is 7.92. The number of nitrogens with zero attached hydrogens (tertiary/aromatic N) is 2. The van der Waals surface area contributed by atoms with Gasteiger partial charge in [-0.3, -0.25) is 14.5 Å². The van der Waals surface area contributed by atoms with Crippen LogP contribution in [0.3, 0.4) is 0 Å². The van der Waals surface area contributed by atoms with E-state index in [-0.39, 0.29) is 16.6 Å². The van der Waals surface area contributed by atoms with Crippen molar-refractivity contribution in [3.05, 3.63) is 72.1 Å². The van der Waals surface area contributed by atoms with Crippen LogP contribution in [0.2, 0.25) is 0 Å². The summed E-state index contributed by atoms with van der Waals surface area (Å²) in [6.07, 6.45) is 3.83. The fourth-order valence-corrected chi connectivity index (χ4v) is 4.74. The van der Waals surface area contributed by atoms with Crippen LogP contribution in [0.4, 0.5) is 11.4 Å². The second-order valence-electron chi connectivity index (χ2n) is 6.91. The standard InChI is InChI=1S/C22H21N3O5S/c1-29-18-5-6-20(30-2)21(14-18)31(27,28)24-17-4-3-15-9-12-25(19(15)13-17)22(26)16-7-10-23-11-8-16/h3-8,10-11,13-14,24H,9,12H2,1-2H3. The molecule has 0 unspecified atom stereocenters. The van der Waals surface area contributed by atoms with Crippen molar-refractivity contribution in [2.45, 2.75) is 11.3 Å². The highest BCUT2D eigenvalue weighted by Crippen LogP contribution is 2.34. The first kappa shape index (κ1) is 20.7. The molecule has 1 amide bonds. The Morgan fingerprint density at radius 1 is 1.03 bits per heavy atom. The lowest BCUT2D eigenvalue weighted by Gasteiger charge is -2.19. The first-order valence-electron chi connectivity index (χ1n) is 9.52. The molecule has 160 valence electrons. The van der Waals surface area contributed by atoms with Crippen LogP contribution in [-0.4, -0.2) is 40.1 Å². The predicted molar refractivity (Wildman–Crippen MR) is 116 cm³/mol. The van der Waals surface area contributed by atoms with Crippen LogP contribution in [0.15, 0.2) is 65.8 Å². The van der Waals surface area contributed by atoms with Crippen LogP contribution in [0.1, 0.15) is 15.9 Å². The molecular weight excluding hydrogens is 418 g/mol. The van der Waals surface area contributed by atoms with Gasteiger partial charge in [-0.25, -0.2) is 8.42 Å². The summed E-state index contributed by atoms with van der Waals surface area (Å²) in [6, 6.07) is 13.0. The zero-order valence-electron chi connectivity index (χ0n) is 17.0. The summed E-state index contributed by atoms with van der Waals surface area (Å²) in [7, 11) is -1.10. The number of rotatable bonds is 6. The number of hydrogen-bond donors (Lipinski definition) is 1. The minimum atomic E-state index is -3.96. The van der Waals surface area contributed by atoms with Gasteiger partial charge in [-0.2, -0.15) is 0 Å². The van der Waals surface area contributed by atoms with E-state index in [0.717, 1.165) is 5.56 Å². The Hall–Kier alpha value is -3.59. The van der Waals surface area contributed by atoms with E-state index in [1.165, 1.54) is 26.4 Å². The van der Waals surface area contributed by atoms with Crippen molar-refractivity contribution < 1.29 is 22.7 Å². The molecule has 31 heavy (non-hydrogen) atoms. The molecule has 1 aliphatic heterocycles. The number of fused-ring (bicyclic) bond motifs is 1. The molecule has 1 aromatic heterocycles. The second kappa shape index (κ2) is 8.27. The molecule has 0 aliphatic carbocycles. The normalized spacial score (nSPS) is 12.9. The van der Waals surface area contributed by atoms with Crippen LogP contribution in [0, 0.1) is 0 Å². The van der Waals surface area contributed by atoms with Gasteiger partial charge in [0.2, 0.25) is 0 Å². The van der Waals surface area contributed by atoms with Crippen LogP contribution < -0.4 is 19.1 Å². The molecule has 0 saturated heterocycles. The molecule has 4 rings (SSSR count). The van der Waals surface area contributed by atoms with E-state index in [4.69, 9.17) is 9.47 Å². The molecule has 0 saturated carbocycles. The average Bonchev–Trinajstić information content (AvgIpc) is 3.21. The summed E-state index contributed by atoms with van der Waals surface area (Å²) < 4.78 is 39.0. The van der Waals surface area contributed by atoms with Gasteiger partial charge in [0.15, 0.2) is 0 Å². The number of hydrogen-bond acceptors (Lipinski definition) is 6. The van der Waals surface area contributed by atoms with Crippen LogP contribution in [0.25, 0.3) is 0 Å². The van der Waals surface area contributed by atoms with E-state index in [0.29, 0.717) is 35.7 Å². The third-order valence-corrected chi connectivity index (χ3v) is 6.47. The maximum atomic E-state index is 13.1. The van der Waals surface area contributed by atoms with Gasteiger partial charge >= 0.3 is 0 Å². The minimum absolute atomic E-state index is 0.0421. The average molecular weight is 439 g/mol. The predicted octanol–water partition coefficient (Wildman–Crippen LogP) is 3.10. The Bertz CT molecular complexity index is 1230. The SMILES string of the molecule is COc1ccc(OC)c(S(=O)(=O)Nc2ccc3c(c2)N(C(=O)c2ccncc2)CC3)c1. The molecule has 0 fully saturated rings. The number of methoxy groups -OCH3 is 2. The fraction of sp³-hybridized carbons (Fsp3) is 0.182. The van der Waals surface area contributed by atoms with Gasteiger partial charge in [-0.1, -0.05) is 6.07 Å². The molecule has 0 bridgehead atoms. The number of carbonyl (C=O) groups excluding carboxylic acids is 1. The summed E-state index contributed by atoms with van der Waals surface area (Å²) >= 11 is 0. The number of amides is 1. The highest BCUT2D eigenvalue weighted by Gasteiger charge is 2.27. The van der Waals surface area contributed by atoms with Crippen molar-refractivity contribution >= 4 is 27.3 Å². The molecule has 8 nitrogen and oxygen atoms in total. The number of pyridine rings is 1. The molecule has 1 aliphatic rings. The van der Waals surface area contributed by atoms with E-state index in [1.807, 2.05) is 6.07 Å². The summed E-state index contributed by atoms with van der Waals surface area (Å²) in [5.41, 5.74) is 2.52. The maximum Gasteiger partial charge on any atom is 0.265 e. The minimum Gasteiger partial charge on any atom is -0.497 e. The third-order valence-electron chi connectivity index (χ3n) is 5.07. The van der Waals surface area contributed by atoms with Crippen LogP contribution >= 0.6 is 0 Å². The molecule has 0 atom stereocenters. The van der Waals surface area contributed by atoms with Gasteiger partial charge in [-0.05, 0) is 48.4 Å². The number of carbonyl (C=O) groups is 1. The zero-order valence-corrected chi connectivity index (χ0v) is 17.8. The van der Waals surface area contributed by atoms with Gasteiger partial charge in [0, 0.05) is 36.3 Å². The number of sulfonamides is 1. The number of aromatic nitrogens is 1. The molecular formula is C22H21N3O5S. The molecule has 1 N–H and O–H groups in total. The highest BCUT2D eigenvalue weighted by atomic mass is 32.2. The number of ether oxygens (including phenoxy) is 2. The smallest absolute Gasteiger partial charge is 0.265 e. The summed E-state index contributed by atoms with van der Waals surface area (Å²) in [5, 5.41) is 0. The largest absolute Gasteiger partial charge is 0.497 e.